The fourth-order valence-electron chi connectivity index (χ4n) is 3.24. The highest BCUT2D eigenvalue weighted by atomic mass is 35.5. The van der Waals surface area contributed by atoms with Gasteiger partial charge in [0, 0.05) is 43.4 Å². The molecule has 0 spiro atoms. The molecule has 2 saturated heterocycles. The fourth-order valence-corrected chi connectivity index (χ4v) is 3.43. The number of hydrogen-bond acceptors (Lipinski definition) is 4. The number of carbonyl (C=O) groups is 2. The van der Waals surface area contributed by atoms with Crippen LogP contribution in [0.3, 0.4) is 0 Å². The summed E-state index contributed by atoms with van der Waals surface area (Å²) in [5.41, 5.74) is 1.98. The maximum Gasteiger partial charge on any atom is 0.317 e. The summed E-state index contributed by atoms with van der Waals surface area (Å²) in [6, 6.07) is 5.43. The number of hydrogen-bond donors (Lipinski definition) is 2. The van der Waals surface area contributed by atoms with Crippen molar-refractivity contribution in [2.75, 3.05) is 44.3 Å². The van der Waals surface area contributed by atoms with Gasteiger partial charge in [-0.3, -0.25) is 4.79 Å². The van der Waals surface area contributed by atoms with Crippen LogP contribution in [0.2, 0.25) is 5.02 Å². The van der Waals surface area contributed by atoms with Gasteiger partial charge in [0.15, 0.2) is 0 Å². The SMILES string of the molecule is O=C(O)C1CCN(C(=O)NCc2cc(Cl)ccc2N2CCOCC2)C1. The lowest BCUT2D eigenvalue weighted by atomic mass is 10.1. The van der Waals surface area contributed by atoms with E-state index in [1.807, 2.05) is 18.2 Å². The standard InChI is InChI=1S/C17H22ClN3O4/c18-14-1-2-15(20-5-7-25-8-6-20)13(9-14)10-19-17(24)21-4-3-12(11-21)16(22)23/h1-2,9,12H,3-8,10-11H2,(H,19,24)(H,22,23). The highest BCUT2D eigenvalue weighted by Crippen LogP contribution is 2.25. The number of halogens is 1. The van der Waals surface area contributed by atoms with E-state index in [9.17, 15) is 9.59 Å². The van der Waals surface area contributed by atoms with Gasteiger partial charge in [-0.05, 0) is 30.2 Å². The normalized spacial score (nSPS) is 20.6. The van der Waals surface area contributed by atoms with Crippen LogP contribution in [0.1, 0.15) is 12.0 Å². The van der Waals surface area contributed by atoms with Crippen molar-refractivity contribution in [1.29, 1.82) is 0 Å². The predicted octanol–water partition coefficient (Wildman–Crippen LogP) is 1.79. The average molecular weight is 368 g/mol. The quantitative estimate of drug-likeness (QED) is 0.847. The Kier molecular flexibility index (Phi) is 5.65. The number of aliphatic carboxylic acids is 1. The lowest BCUT2D eigenvalue weighted by Crippen LogP contribution is -2.40. The molecule has 1 aromatic rings. The Bertz CT molecular complexity index is 649. The topological polar surface area (TPSA) is 82.1 Å². The van der Waals surface area contributed by atoms with Crippen molar-refractivity contribution in [3.63, 3.8) is 0 Å². The van der Waals surface area contributed by atoms with Gasteiger partial charge in [-0.2, -0.15) is 0 Å². The number of rotatable bonds is 4. The zero-order valence-corrected chi connectivity index (χ0v) is 14.7. The summed E-state index contributed by atoms with van der Waals surface area (Å²) >= 11 is 6.12. The minimum absolute atomic E-state index is 0.239. The maximum atomic E-state index is 12.3. The molecule has 0 radical (unpaired) electrons. The van der Waals surface area contributed by atoms with Crippen LogP contribution < -0.4 is 10.2 Å². The Labute approximate surface area is 151 Å². The van der Waals surface area contributed by atoms with Crippen molar-refractivity contribution >= 4 is 29.3 Å². The van der Waals surface area contributed by atoms with Gasteiger partial charge < -0.3 is 25.0 Å². The Balaban J connectivity index is 1.63. The maximum absolute atomic E-state index is 12.3. The molecule has 1 atom stereocenters. The molecular weight excluding hydrogens is 346 g/mol. The molecule has 0 saturated carbocycles. The van der Waals surface area contributed by atoms with E-state index in [1.165, 1.54) is 0 Å². The number of likely N-dealkylation sites (tertiary alicyclic amines) is 1. The molecule has 1 unspecified atom stereocenters. The van der Waals surface area contributed by atoms with Gasteiger partial charge in [0.25, 0.3) is 0 Å². The van der Waals surface area contributed by atoms with E-state index in [0.717, 1.165) is 24.3 Å². The molecule has 7 nitrogen and oxygen atoms in total. The van der Waals surface area contributed by atoms with Crippen LogP contribution in [0, 0.1) is 5.92 Å². The second-order valence-electron chi connectivity index (χ2n) is 6.30. The molecule has 2 fully saturated rings. The van der Waals surface area contributed by atoms with Crippen molar-refractivity contribution < 1.29 is 19.4 Å². The first-order valence-electron chi connectivity index (χ1n) is 8.41. The summed E-state index contributed by atoms with van der Waals surface area (Å²) in [6.45, 7) is 4.03. The van der Waals surface area contributed by atoms with Gasteiger partial charge in [0.1, 0.15) is 0 Å². The number of nitrogens with zero attached hydrogens (tertiary/aromatic N) is 2. The first-order valence-corrected chi connectivity index (χ1v) is 8.79. The third-order valence-corrected chi connectivity index (χ3v) is 4.88. The van der Waals surface area contributed by atoms with E-state index in [1.54, 1.807) is 4.90 Å². The lowest BCUT2D eigenvalue weighted by molar-refractivity contribution is -0.141. The number of ether oxygens (including phenoxy) is 1. The monoisotopic (exact) mass is 367 g/mol. The van der Waals surface area contributed by atoms with Crippen LogP contribution in [-0.4, -0.2) is 61.4 Å². The number of nitrogens with one attached hydrogen (secondary N) is 1. The molecule has 1 aromatic carbocycles. The summed E-state index contributed by atoms with van der Waals surface area (Å²) in [4.78, 5) is 27.1. The van der Waals surface area contributed by atoms with Gasteiger partial charge in [-0.15, -0.1) is 0 Å². The number of benzene rings is 1. The molecule has 2 amide bonds. The summed E-state index contributed by atoms with van der Waals surface area (Å²) in [7, 11) is 0. The third-order valence-electron chi connectivity index (χ3n) is 4.65. The lowest BCUT2D eigenvalue weighted by Gasteiger charge is -2.31. The van der Waals surface area contributed by atoms with Crippen LogP contribution >= 0.6 is 11.6 Å². The summed E-state index contributed by atoms with van der Waals surface area (Å²) in [6.07, 6.45) is 0.499. The molecule has 3 rings (SSSR count). The van der Waals surface area contributed by atoms with Gasteiger partial charge in [-0.1, -0.05) is 11.6 Å². The number of urea groups is 1. The van der Waals surface area contributed by atoms with Crippen molar-refractivity contribution in [2.45, 2.75) is 13.0 Å². The Morgan fingerprint density at radius 1 is 1.28 bits per heavy atom. The van der Waals surface area contributed by atoms with Gasteiger partial charge >= 0.3 is 12.0 Å². The van der Waals surface area contributed by atoms with Gasteiger partial charge in [0.05, 0.1) is 19.1 Å². The molecule has 2 aliphatic rings. The zero-order valence-electron chi connectivity index (χ0n) is 13.9. The van der Waals surface area contributed by atoms with Crippen molar-refractivity contribution in [2.24, 2.45) is 5.92 Å². The van der Waals surface area contributed by atoms with Crippen molar-refractivity contribution in [1.82, 2.24) is 10.2 Å². The van der Waals surface area contributed by atoms with E-state index >= 15 is 0 Å². The molecule has 2 heterocycles. The zero-order chi connectivity index (χ0) is 17.8. The number of amides is 2. The van der Waals surface area contributed by atoms with E-state index in [-0.39, 0.29) is 12.6 Å². The van der Waals surface area contributed by atoms with Crippen LogP contribution in [-0.2, 0) is 16.1 Å². The summed E-state index contributed by atoms with van der Waals surface area (Å²) < 4.78 is 5.39. The molecule has 0 aliphatic carbocycles. The summed E-state index contributed by atoms with van der Waals surface area (Å²) in [5.74, 6) is -1.32. The molecule has 2 aliphatic heterocycles. The molecule has 2 N–H and O–H groups in total. The number of morpholine rings is 1. The average Bonchev–Trinajstić information content (AvgIpc) is 3.11. The van der Waals surface area contributed by atoms with E-state index in [2.05, 4.69) is 10.2 Å². The molecule has 25 heavy (non-hydrogen) atoms. The minimum Gasteiger partial charge on any atom is -0.481 e. The minimum atomic E-state index is -0.847. The molecule has 0 aromatic heterocycles. The van der Waals surface area contributed by atoms with Crippen molar-refractivity contribution in [3.05, 3.63) is 28.8 Å². The highest BCUT2D eigenvalue weighted by molar-refractivity contribution is 6.30. The second kappa shape index (κ2) is 7.93. The van der Waals surface area contributed by atoms with Gasteiger partial charge in [-0.25, -0.2) is 4.79 Å². The molecule has 0 bridgehead atoms. The molecule has 136 valence electrons. The van der Waals surface area contributed by atoms with E-state index in [0.29, 0.717) is 37.7 Å². The van der Waals surface area contributed by atoms with Crippen LogP contribution in [0.4, 0.5) is 10.5 Å². The van der Waals surface area contributed by atoms with Crippen LogP contribution in [0.15, 0.2) is 18.2 Å². The number of carboxylic acid groups (broad SMARTS) is 1. The third kappa shape index (κ3) is 4.35. The van der Waals surface area contributed by atoms with E-state index < -0.39 is 11.9 Å². The summed E-state index contributed by atoms with van der Waals surface area (Å²) in [5, 5.41) is 12.5. The predicted molar refractivity (Wildman–Crippen MR) is 94.0 cm³/mol. The first kappa shape index (κ1) is 17.8. The van der Waals surface area contributed by atoms with Crippen LogP contribution in [0.5, 0.6) is 0 Å². The molecular formula is C17H22ClN3O4. The molecule has 8 heteroatoms. The van der Waals surface area contributed by atoms with Crippen molar-refractivity contribution in [3.8, 4) is 0 Å². The second-order valence-corrected chi connectivity index (χ2v) is 6.74. The number of carbonyl (C=O) groups excluding carboxylic acids is 1. The Hall–Kier alpha value is -1.99. The fraction of sp³-hybridized carbons (Fsp3) is 0.529. The first-order chi connectivity index (χ1) is 12.0. The Morgan fingerprint density at radius 3 is 2.72 bits per heavy atom. The number of carboxylic acids is 1. The smallest absolute Gasteiger partial charge is 0.317 e. The highest BCUT2D eigenvalue weighted by Gasteiger charge is 2.30. The Morgan fingerprint density at radius 2 is 2.04 bits per heavy atom. The van der Waals surface area contributed by atoms with Crippen LogP contribution in [0.25, 0.3) is 0 Å². The largest absolute Gasteiger partial charge is 0.481 e. The number of anilines is 1. The van der Waals surface area contributed by atoms with Gasteiger partial charge in [0.2, 0.25) is 0 Å². The van der Waals surface area contributed by atoms with E-state index in [4.69, 9.17) is 21.4 Å².